The standard InChI is InChI=1S/C15H23N3O/c1-3-16-14(8-9-15-5-4-10-19-15)7-6-13-11-17-18(2)12-13/h4-5,10-12,14,16H,3,6-9H2,1-2H3. The summed E-state index contributed by atoms with van der Waals surface area (Å²) in [6.45, 7) is 3.17. The van der Waals surface area contributed by atoms with Crippen LogP contribution in [0.5, 0.6) is 0 Å². The van der Waals surface area contributed by atoms with Crippen LogP contribution in [0.25, 0.3) is 0 Å². The highest BCUT2D eigenvalue weighted by Gasteiger charge is 2.09. The Morgan fingerprint density at radius 1 is 1.37 bits per heavy atom. The van der Waals surface area contributed by atoms with Gasteiger partial charge in [-0.05, 0) is 43.5 Å². The fourth-order valence-corrected chi connectivity index (χ4v) is 2.35. The molecule has 4 nitrogen and oxygen atoms in total. The third-order valence-electron chi connectivity index (χ3n) is 3.35. The molecule has 1 N–H and O–H groups in total. The molecule has 104 valence electrons. The molecule has 0 spiro atoms. The van der Waals surface area contributed by atoms with Crippen LogP contribution in [0.15, 0.2) is 35.2 Å². The lowest BCUT2D eigenvalue weighted by atomic mass is 10.0. The normalized spacial score (nSPS) is 12.7. The van der Waals surface area contributed by atoms with Crippen LogP contribution in [-0.4, -0.2) is 22.4 Å². The van der Waals surface area contributed by atoms with Gasteiger partial charge in [0.15, 0.2) is 0 Å². The maximum absolute atomic E-state index is 5.39. The third-order valence-corrected chi connectivity index (χ3v) is 3.35. The Hall–Kier alpha value is -1.55. The van der Waals surface area contributed by atoms with Gasteiger partial charge in [0.25, 0.3) is 0 Å². The van der Waals surface area contributed by atoms with E-state index in [2.05, 4.69) is 23.5 Å². The van der Waals surface area contributed by atoms with E-state index < -0.39 is 0 Å². The van der Waals surface area contributed by atoms with E-state index in [1.807, 2.05) is 30.1 Å². The molecule has 0 radical (unpaired) electrons. The van der Waals surface area contributed by atoms with E-state index in [-0.39, 0.29) is 0 Å². The SMILES string of the molecule is CCNC(CCc1cnn(C)c1)CCc1ccco1. The second-order valence-electron chi connectivity index (χ2n) is 4.93. The average molecular weight is 261 g/mol. The van der Waals surface area contributed by atoms with Crippen molar-refractivity contribution in [2.24, 2.45) is 7.05 Å². The first-order valence-corrected chi connectivity index (χ1v) is 7.01. The number of aryl methyl sites for hydroxylation is 3. The Morgan fingerprint density at radius 2 is 2.21 bits per heavy atom. The molecule has 0 saturated carbocycles. The predicted molar refractivity (Wildman–Crippen MR) is 76.0 cm³/mol. The average Bonchev–Trinajstić information content (AvgIpc) is 3.04. The van der Waals surface area contributed by atoms with Crippen molar-refractivity contribution in [3.63, 3.8) is 0 Å². The fourth-order valence-electron chi connectivity index (χ4n) is 2.35. The predicted octanol–water partition coefficient (Wildman–Crippen LogP) is 2.56. The Morgan fingerprint density at radius 3 is 2.84 bits per heavy atom. The summed E-state index contributed by atoms with van der Waals surface area (Å²) in [5.74, 6) is 1.07. The first-order chi connectivity index (χ1) is 9.28. The van der Waals surface area contributed by atoms with Crippen molar-refractivity contribution in [2.45, 2.75) is 38.6 Å². The van der Waals surface area contributed by atoms with Gasteiger partial charge in [-0.3, -0.25) is 4.68 Å². The van der Waals surface area contributed by atoms with Crippen molar-refractivity contribution in [3.8, 4) is 0 Å². The van der Waals surface area contributed by atoms with Crippen LogP contribution in [0.3, 0.4) is 0 Å². The topological polar surface area (TPSA) is 43.0 Å². The minimum atomic E-state index is 0.537. The summed E-state index contributed by atoms with van der Waals surface area (Å²) in [6, 6.07) is 4.53. The van der Waals surface area contributed by atoms with Gasteiger partial charge in [-0.1, -0.05) is 6.92 Å². The number of rotatable bonds is 8. The van der Waals surface area contributed by atoms with Gasteiger partial charge in [-0.2, -0.15) is 5.10 Å². The van der Waals surface area contributed by atoms with E-state index in [0.29, 0.717) is 6.04 Å². The minimum Gasteiger partial charge on any atom is -0.469 e. The molecule has 0 aromatic carbocycles. The number of hydrogen-bond acceptors (Lipinski definition) is 3. The van der Waals surface area contributed by atoms with Crippen LogP contribution >= 0.6 is 0 Å². The van der Waals surface area contributed by atoms with Crippen LogP contribution in [0.1, 0.15) is 31.1 Å². The maximum Gasteiger partial charge on any atom is 0.103 e. The molecule has 0 bridgehead atoms. The molecule has 0 fully saturated rings. The molecule has 4 heteroatoms. The summed E-state index contributed by atoms with van der Waals surface area (Å²) in [4.78, 5) is 0. The van der Waals surface area contributed by atoms with Gasteiger partial charge < -0.3 is 9.73 Å². The smallest absolute Gasteiger partial charge is 0.103 e. The Labute approximate surface area is 114 Å². The maximum atomic E-state index is 5.39. The summed E-state index contributed by atoms with van der Waals surface area (Å²) in [5, 5.41) is 7.76. The lowest BCUT2D eigenvalue weighted by molar-refractivity contribution is 0.432. The molecule has 1 atom stereocenters. The molecular weight excluding hydrogens is 238 g/mol. The Kier molecular flexibility index (Phi) is 5.21. The van der Waals surface area contributed by atoms with Gasteiger partial charge in [-0.15, -0.1) is 0 Å². The summed E-state index contributed by atoms with van der Waals surface area (Å²) in [6.07, 6.45) is 10.1. The summed E-state index contributed by atoms with van der Waals surface area (Å²) < 4.78 is 7.25. The zero-order valence-corrected chi connectivity index (χ0v) is 11.8. The monoisotopic (exact) mass is 261 g/mol. The fraction of sp³-hybridized carbons (Fsp3) is 0.533. The summed E-state index contributed by atoms with van der Waals surface area (Å²) in [7, 11) is 1.96. The van der Waals surface area contributed by atoms with Crippen molar-refractivity contribution in [3.05, 3.63) is 42.1 Å². The Balaban J connectivity index is 1.78. The molecule has 1 unspecified atom stereocenters. The van der Waals surface area contributed by atoms with Crippen LogP contribution in [0.4, 0.5) is 0 Å². The third kappa shape index (κ3) is 4.56. The van der Waals surface area contributed by atoms with E-state index >= 15 is 0 Å². The molecule has 2 aromatic heterocycles. The van der Waals surface area contributed by atoms with Crippen molar-refractivity contribution in [1.82, 2.24) is 15.1 Å². The van der Waals surface area contributed by atoms with E-state index in [9.17, 15) is 0 Å². The molecule has 2 aromatic rings. The second-order valence-corrected chi connectivity index (χ2v) is 4.93. The lowest BCUT2D eigenvalue weighted by Crippen LogP contribution is -2.29. The number of furan rings is 1. The van der Waals surface area contributed by atoms with Crippen LogP contribution in [0, 0.1) is 0 Å². The van der Waals surface area contributed by atoms with Gasteiger partial charge in [0, 0.05) is 25.7 Å². The zero-order valence-electron chi connectivity index (χ0n) is 11.8. The van der Waals surface area contributed by atoms with Crippen molar-refractivity contribution < 1.29 is 4.42 Å². The number of aromatic nitrogens is 2. The number of hydrogen-bond donors (Lipinski definition) is 1. The minimum absolute atomic E-state index is 0.537. The van der Waals surface area contributed by atoms with Crippen LogP contribution in [0.2, 0.25) is 0 Å². The summed E-state index contributed by atoms with van der Waals surface area (Å²) >= 11 is 0. The van der Waals surface area contributed by atoms with Gasteiger partial charge in [0.1, 0.15) is 5.76 Å². The highest BCUT2D eigenvalue weighted by molar-refractivity contribution is 5.04. The molecular formula is C15H23N3O. The van der Waals surface area contributed by atoms with Crippen molar-refractivity contribution in [1.29, 1.82) is 0 Å². The first-order valence-electron chi connectivity index (χ1n) is 7.01. The number of nitrogens with one attached hydrogen (secondary N) is 1. The highest BCUT2D eigenvalue weighted by atomic mass is 16.3. The lowest BCUT2D eigenvalue weighted by Gasteiger charge is -2.16. The molecule has 0 amide bonds. The number of nitrogens with zero attached hydrogens (tertiary/aromatic N) is 2. The molecule has 19 heavy (non-hydrogen) atoms. The zero-order chi connectivity index (χ0) is 13.5. The molecule has 2 heterocycles. The molecule has 0 aliphatic carbocycles. The van der Waals surface area contributed by atoms with E-state index in [1.54, 1.807) is 6.26 Å². The van der Waals surface area contributed by atoms with Gasteiger partial charge in [0.05, 0.1) is 12.5 Å². The molecule has 2 rings (SSSR count). The van der Waals surface area contributed by atoms with Crippen molar-refractivity contribution in [2.75, 3.05) is 6.54 Å². The van der Waals surface area contributed by atoms with Gasteiger partial charge >= 0.3 is 0 Å². The first kappa shape index (κ1) is 13.9. The van der Waals surface area contributed by atoms with Crippen LogP contribution in [-0.2, 0) is 19.9 Å². The molecule has 0 aliphatic heterocycles. The molecule has 0 aliphatic rings. The largest absolute Gasteiger partial charge is 0.469 e. The quantitative estimate of drug-likeness (QED) is 0.794. The van der Waals surface area contributed by atoms with Gasteiger partial charge in [0.2, 0.25) is 0 Å². The van der Waals surface area contributed by atoms with Gasteiger partial charge in [-0.25, -0.2) is 0 Å². The van der Waals surface area contributed by atoms with Crippen LogP contribution < -0.4 is 5.32 Å². The molecule has 0 saturated heterocycles. The van der Waals surface area contributed by atoms with Crippen molar-refractivity contribution >= 4 is 0 Å². The Bertz CT molecular complexity index is 461. The van der Waals surface area contributed by atoms with E-state index in [4.69, 9.17) is 4.42 Å². The van der Waals surface area contributed by atoms with E-state index in [1.165, 1.54) is 5.56 Å². The van der Waals surface area contributed by atoms with E-state index in [0.717, 1.165) is 38.0 Å². The second kappa shape index (κ2) is 7.14. The highest BCUT2D eigenvalue weighted by Crippen LogP contribution is 2.11. The summed E-state index contributed by atoms with van der Waals surface area (Å²) in [5.41, 5.74) is 1.31.